The summed E-state index contributed by atoms with van der Waals surface area (Å²) in [5, 5.41) is 4.46. The lowest BCUT2D eigenvalue weighted by Gasteiger charge is -2.40. The molecule has 0 bridgehead atoms. The molecule has 3 N–H and O–H groups in total. The van der Waals surface area contributed by atoms with E-state index >= 15 is 0 Å². The summed E-state index contributed by atoms with van der Waals surface area (Å²) in [4.78, 5) is 87.9. The fourth-order valence-corrected chi connectivity index (χ4v) is 10.5. The van der Waals surface area contributed by atoms with E-state index in [0.29, 0.717) is 52.6 Å². The summed E-state index contributed by atoms with van der Waals surface area (Å²) in [5.41, 5.74) is 7.14. The molecule has 2 aliphatic heterocycles. The molecular formula is C66H82ClFN6O15. The highest BCUT2D eigenvalue weighted by atomic mass is 35.5. The number of methoxy groups -OCH3 is 5. The fourth-order valence-electron chi connectivity index (χ4n) is 10.5. The van der Waals surface area contributed by atoms with E-state index in [-0.39, 0.29) is 44.3 Å². The van der Waals surface area contributed by atoms with Crippen molar-refractivity contribution in [1.82, 2.24) is 25.1 Å². The summed E-state index contributed by atoms with van der Waals surface area (Å²) in [6.45, 7) is 11.0. The highest BCUT2D eigenvalue weighted by Gasteiger charge is 2.51. The first-order valence-electron chi connectivity index (χ1n) is 29.6. The Morgan fingerprint density at radius 3 is 1.36 bits per heavy atom. The minimum atomic E-state index is -1.07. The van der Waals surface area contributed by atoms with Crippen molar-refractivity contribution in [3.63, 3.8) is 0 Å². The number of fused-ring (bicyclic) bond motifs is 2. The first-order chi connectivity index (χ1) is 42.3. The standard InChI is InChI=1S/C32H37N3O7.C27H30N2O6.C6H11NO2.CH3F.ClH/c1-31(2,3)42-30(38)35-19-22(17-26(35)28(36)34-32(14-9-15-32)29(37)40-5)41-27-18-24(20-10-7-6-8-11-20)33-25-16-21(39-4)12-13-23(25)27;1-27(2,3)35-26(31)29-16-19(14-23(29)25(30)33-5)34-24-15-21(17-9-7-6-8-10-17)28-22-13-18(32-4)11-12-20(22)24;1-9-5(8)6(7)3-2-4-6;1-2;/h6-8,10-13,16,18,22,26H,9,14-15,17,19H2,1-5H3,(H,34,36);6-13,15,19,23H,14,16H2,1-5H3;2-4,7H2,1H3;1H3;1H/t22?,26-;19-,23+;;;/m01.../s1/i;;;1D;. The number of nitrogens with zero attached hydrogens (tertiary/aromatic N) is 4. The van der Waals surface area contributed by atoms with Crippen molar-refractivity contribution in [2.75, 3.05) is 55.8 Å². The number of pyridine rings is 2. The van der Waals surface area contributed by atoms with Crippen LogP contribution >= 0.6 is 12.4 Å². The number of halogens is 2. The SMILES string of the molecule is COC(=O)C1(N)CCC1.COC(=O)C1(NC(=O)[C@@H]2CC(Oc3cc(-c4ccccc4)nc4cc(OC)ccc34)CN2C(=O)OC(C)(C)C)CCC1.COC(=O)[C@@H]1C[C@@H](Oc2cc(-c3ccccc3)nc3cc(OC)ccc23)CN1C(=O)OC(C)(C)C.Cl.[2H]CF. The topological polar surface area (TPSA) is 256 Å². The zero-order chi connectivity index (χ0) is 64.8. The third-order valence-electron chi connectivity index (χ3n) is 15.2. The largest absolute Gasteiger partial charge is 0.497 e. The van der Waals surface area contributed by atoms with Gasteiger partial charge in [0.15, 0.2) is 0 Å². The molecule has 1 unspecified atom stereocenters. The Morgan fingerprint density at radius 2 is 1.01 bits per heavy atom. The summed E-state index contributed by atoms with van der Waals surface area (Å²) in [5.74, 6) is 0.831. The average Bonchev–Trinajstić information content (AvgIpc) is 1.31. The van der Waals surface area contributed by atoms with Crippen molar-refractivity contribution in [1.29, 1.82) is 0 Å². The van der Waals surface area contributed by atoms with Crippen molar-refractivity contribution in [2.24, 2.45) is 5.73 Å². The second-order valence-electron chi connectivity index (χ2n) is 23.7. The zero-order valence-electron chi connectivity index (χ0n) is 53.3. The van der Waals surface area contributed by atoms with Crippen LogP contribution in [0.15, 0.2) is 109 Å². The first kappa shape index (κ1) is 68.0. The van der Waals surface area contributed by atoms with Gasteiger partial charge in [-0.05, 0) is 104 Å². The van der Waals surface area contributed by atoms with E-state index < -0.39 is 83.8 Å². The molecule has 480 valence electrons. The van der Waals surface area contributed by atoms with E-state index in [1.165, 1.54) is 31.1 Å². The Kier molecular flexibility index (Phi) is 23.0. The number of likely N-dealkylation sites (tertiary alicyclic amines) is 2. The van der Waals surface area contributed by atoms with Gasteiger partial charge >= 0.3 is 30.1 Å². The molecule has 4 aromatic carbocycles. The molecule has 0 radical (unpaired) electrons. The van der Waals surface area contributed by atoms with E-state index in [1.54, 1.807) is 55.8 Å². The molecule has 4 atom stereocenters. The molecule has 2 saturated carbocycles. The van der Waals surface area contributed by atoms with E-state index in [4.69, 9.17) is 55.0 Å². The second-order valence-corrected chi connectivity index (χ2v) is 23.7. The summed E-state index contributed by atoms with van der Waals surface area (Å²) < 4.78 is 64.9. The van der Waals surface area contributed by atoms with E-state index in [2.05, 4.69) is 10.1 Å². The number of alkyl halides is 1. The number of hydrogen-bond donors (Lipinski definition) is 2. The van der Waals surface area contributed by atoms with Gasteiger partial charge in [0, 0.05) is 59.0 Å². The highest BCUT2D eigenvalue weighted by molar-refractivity contribution is 5.94. The molecule has 6 aromatic rings. The Hall–Kier alpha value is -8.50. The maximum Gasteiger partial charge on any atom is 0.411 e. The summed E-state index contributed by atoms with van der Waals surface area (Å²) >= 11 is 0. The molecule has 2 saturated heterocycles. The maximum absolute atomic E-state index is 13.6. The van der Waals surface area contributed by atoms with Crippen LogP contribution in [0.5, 0.6) is 23.0 Å². The van der Waals surface area contributed by atoms with Crippen molar-refractivity contribution in [3.8, 4) is 45.5 Å². The van der Waals surface area contributed by atoms with Crippen LogP contribution < -0.4 is 30.0 Å². The number of hydrogen-bond acceptors (Lipinski definition) is 18. The Labute approximate surface area is 526 Å². The van der Waals surface area contributed by atoms with Crippen LogP contribution in [0.3, 0.4) is 0 Å². The number of carbonyl (C=O) groups excluding carboxylic acids is 6. The van der Waals surface area contributed by atoms with Crippen LogP contribution in [-0.2, 0) is 42.9 Å². The number of benzene rings is 4. The number of amides is 3. The molecule has 3 amide bonds. The average molecular weight is 1250 g/mol. The number of carbonyl (C=O) groups is 6. The van der Waals surface area contributed by atoms with Gasteiger partial charge in [-0.25, -0.2) is 29.1 Å². The highest BCUT2D eigenvalue weighted by Crippen LogP contribution is 2.39. The smallest absolute Gasteiger partial charge is 0.411 e. The summed E-state index contributed by atoms with van der Waals surface area (Å²) in [7, 11) is 6.19. The molecule has 2 aromatic heterocycles. The molecule has 89 heavy (non-hydrogen) atoms. The summed E-state index contributed by atoms with van der Waals surface area (Å²) in [6.07, 6.45) is 2.70. The first-order valence-corrected chi connectivity index (χ1v) is 28.9. The van der Waals surface area contributed by atoms with Crippen molar-refractivity contribution >= 4 is 70.2 Å². The van der Waals surface area contributed by atoms with Gasteiger partial charge in [0.1, 0.15) is 69.6 Å². The molecule has 2 aliphatic carbocycles. The Balaban J connectivity index is 0.000000242. The second kappa shape index (κ2) is 30.1. The number of rotatable bonds is 13. The molecule has 23 heteroatoms. The van der Waals surface area contributed by atoms with Crippen LogP contribution in [0.4, 0.5) is 14.0 Å². The van der Waals surface area contributed by atoms with Crippen LogP contribution in [0.1, 0.15) is 94.3 Å². The third kappa shape index (κ3) is 17.2. The molecule has 4 aliphatic rings. The van der Waals surface area contributed by atoms with Gasteiger partial charge in [0.25, 0.3) is 0 Å². The lowest BCUT2D eigenvalue weighted by molar-refractivity contribution is -0.155. The Bertz CT molecular complexity index is 3460. The molecule has 4 heterocycles. The lowest BCUT2D eigenvalue weighted by atomic mass is 9.76. The van der Waals surface area contributed by atoms with Crippen LogP contribution in [0.25, 0.3) is 44.3 Å². The van der Waals surface area contributed by atoms with Crippen molar-refractivity contribution in [2.45, 2.75) is 139 Å². The normalized spacial score (nSPS) is 18.7. The van der Waals surface area contributed by atoms with E-state index in [0.717, 1.165) is 53.3 Å². The van der Waals surface area contributed by atoms with Crippen LogP contribution in [0.2, 0.25) is 0 Å². The minimum absolute atomic E-state index is 0. The quantitative estimate of drug-likeness (QED) is 0.0805. The molecule has 10 rings (SSSR count). The lowest BCUT2D eigenvalue weighted by Crippen LogP contribution is -2.62. The van der Waals surface area contributed by atoms with Gasteiger partial charge in [-0.2, -0.15) is 0 Å². The maximum atomic E-state index is 13.6. The molecule has 21 nitrogen and oxygen atoms in total. The zero-order valence-corrected chi connectivity index (χ0v) is 53.1. The van der Waals surface area contributed by atoms with Gasteiger partial charge in [-0.15, -0.1) is 12.4 Å². The molecule has 0 spiro atoms. The van der Waals surface area contributed by atoms with Crippen LogP contribution in [-0.4, -0.2) is 158 Å². The Morgan fingerprint density at radius 1 is 0.596 bits per heavy atom. The van der Waals surface area contributed by atoms with Gasteiger partial charge in [0.05, 0.1) is 79.6 Å². The number of ether oxygens (including phenoxy) is 9. The number of esters is 3. The predicted octanol–water partition coefficient (Wildman–Crippen LogP) is 10.8. The molecular weight excluding hydrogens is 1170 g/mol. The summed E-state index contributed by atoms with van der Waals surface area (Å²) in [6, 6.07) is 32.8. The third-order valence-corrected chi connectivity index (χ3v) is 15.2. The minimum Gasteiger partial charge on any atom is -0.497 e. The van der Waals surface area contributed by atoms with Gasteiger partial charge in [-0.3, -0.25) is 23.8 Å². The number of nitrogens with two attached hydrogens (primary N) is 1. The van der Waals surface area contributed by atoms with E-state index in [9.17, 15) is 33.2 Å². The van der Waals surface area contributed by atoms with Crippen molar-refractivity contribution in [3.05, 3.63) is 109 Å². The predicted molar refractivity (Wildman–Crippen MR) is 335 cm³/mol. The van der Waals surface area contributed by atoms with E-state index in [1.807, 2.05) is 109 Å². The van der Waals surface area contributed by atoms with Gasteiger partial charge in [-0.1, -0.05) is 60.7 Å². The number of nitrogens with one attached hydrogen (secondary N) is 1. The fraction of sp³-hybridized carbons (Fsp3) is 0.455. The van der Waals surface area contributed by atoms with Crippen LogP contribution in [0, 0.1) is 0 Å². The van der Waals surface area contributed by atoms with Crippen molar-refractivity contribution < 1.29 is 77.2 Å². The number of aromatic nitrogens is 2. The van der Waals surface area contributed by atoms with Gasteiger partial charge in [0.2, 0.25) is 5.91 Å². The molecule has 4 fully saturated rings. The monoisotopic (exact) mass is 1250 g/mol. The van der Waals surface area contributed by atoms with Gasteiger partial charge < -0.3 is 53.7 Å².